The fraction of sp³-hybridized carbons (Fsp3) is 0.667. The zero-order valence-corrected chi connectivity index (χ0v) is 10.3. The molecule has 0 aromatic rings. The molecule has 0 spiro atoms. The summed E-state index contributed by atoms with van der Waals surface area (Å²) < 4.78 is 8.88. The van der Waals surface area contributed by atoms with Crippen molar-refractivity contribution in [2.75, 3.05) is 6.61 Å². The zero-order chi connectivity index (χ0) is 14.9. The fourth-order valence-corrected chi connectivity index (χ4v) is 0.779. The van der Waals surface area contributed by atoms with E-state index < -0.39 is 32.6 Å². The summed E-state index contributed by atoms with van der Waals surface area (Å²) >= 11 is 0. The van der Waals surface area contributed by atoms with Gasteiger partial charge in [-0.15, -0.1) is 0 Å². The molecule has 10 N–H and O–H groups in total. The van der Waals surface area contributed by atoms with Crippen molar-refractivity contribution >= 4 is 19.8 Å². The van der Waals surface area contributed by atoms with Crippen LogP contribution in [0.3, 0.4) is 0 Å². The van der Waals surface area contributed by atoms with E-state index in [0.717, 1.165) is 0 Å². The van der Waals surface area contributed by atoms with E-state index in [2.05, 4.69) is 10.6 Å². The van der Waals surface area contributed by atoms with Gasteiger partial charge in [-0.1, -0.05) is 0 Å². The molecule has 0 aliphatic heterocycles. The van der Waals surface area contributed by atoms with Crippen molar-refractivity contribution in [3.63, 3.8) is 0 Å². The lowest BCUT2D eigenvalue weighted by Crippen LogP contribution is -2.53. The maximum Gasteiger partial charge on any atom is 0.466 e. The molecule has 2 unspecified atom stereocenters. The average Bonchev–Trinajstić information content (AvgIpc) is 2.09. The van der Waals surface area contributed by atoms with Crippen LogP contribution in [-0.4, -0.2) is 55.6 Å². The second kappa shape index (κ2) is 8.80. The van der Waals surface area contributed by atoms with Crippen LogP contribution in [0.1, 0.15) is 6.92 Å². The van der Waals surface area contributed by atoms with Crippen LogP contribution in [0.2, 0.25) is 0 Å². The summed E-state index contributed by atoms with van der Waals surface area (Å²) in [6, 6.07) is -1.05. The first-order valence-corrected chi connectivity index (χ1v) is 6.02. The van der Waals surface area contributed by atoms with Gasteiger partial charge in [-0.3, -0.25) is 15.5 Å². The summed E-state index contributed by atoms with van der Waals surface area (Å²) in [5.74, 6) is -1.42. The molecular weight excluding hydrogens is 271 g/mol. The molecule has 0 saturated heterocycles. The van der Waals surface area contributed by atoms with E-state index in [4.69, 9.17) is 40.6 Å². The van der Waals surface area contributed by atoms with Gasteiger partial charge >= 0.3 is 13.8 Å². The predicted octanol–water partition coefficient (Wildman–Crippen LogP) is -3.08. The molecule has 0 aliphatic carbocycles. The highest BCUT2D eigenvalue weighted by Gasteiger charge is 2.17. The number of nitrogens with one attached hydrogen (secondary N) is 3. The second-order valence-electron chi connectivity index (χ2n) is 3.03. The third kappa shape index (κ3) is 17.2. The van der Waals surface area contributed by atoms with E-state index in [1.165, 1.54) is 0 Å². The molecule has 0 fully saturated rings. The number of hydrogen-bond acceptors (Lipinski definition) is 5. The van der Waals surface area contributed by atoms with E-state index in [-0.39, 0.29) is 5.96 Å². The number of phosphoric acid groups is 1. The van der Waals surface area contributed by atoms with Gasteiger partial charge in [0.2, 0.25) is 0 Å². The quantitative estimate of drug-likeness (QED) is 0.108. The third-order valence-corrected chi connectivity index (χ3v) is 1.30. The van der Waals surface area contributed by atoms with Crippen LogP contribution in [0, 0.1) is 5.41 Å². The van der Waals surface area contributed by atoms with Crippen LogP contribution < -0.4 is 16.4 Å². The van der Waals surface area contributed by atoms with Crippen molar-refractivity contribution in [1.82, 2.24) is 10.6 Å². The minimum Gasteiger partial charge on any atom is -0.480 e. The molecule has 12 heteroatoms. The van der Waals surface area contributed by atoms with Gasteiger partial charge in [-0.05, 0) is 6.92 Å². The molecule has 0 rings (SSSR count). The first kappa shape index (κ1) is 19.1. The van der Waals surface area contributed by atoms with Crippen molar-refractivity contribution in [3.05, 3.63) is 0 Å². The second-order valence-corrected chi connectivity index (χ2v) is 4.06. The maximum absolute atomic E-state index is 10.4. The Balaban J connectivity index is 0. The third-order valence-electron chi connectivity index (χ3n) is 1.30. The largest absolute Gasteiger partial charge is 0.480 e. The van der Waals surface area contributed by atoms with Crippen LogP contribution in [-0.2, 0) is 9.36 Å². The van der Waals surface area contributed by atoms with Gasteiger partial charge in [0.25, 0.3) is 0 Å². The molecule has 0 aromatic carbocycles. The Morgan fingerprint density at radius 1 is 1.44 bits per heavy atom. The molecule has 2 atom stereocenters. The van der Waals surface area contributed by atoms with Crippen LogP contribution in [0.25, 0.3) is 0 Å². The number of carbonyl (C=O) groups is 1. The minimum atomic E-state index is -4.64. The van der Waals surface area contributed by atoms with Gasteiger partial charge in [0.05, 0.1) is 12.8 Å². The number of nitrogens with two attached hydrogens (primary N) is 1. The number of aliphatic hydroxyl groups is 1. The molecule has 0 radical (unpaired) electrons. The summed E-state index contributed by atoms with van der Waals surface area (Å²) in [6.07, 6.45) is -0.481. The molecular formula is C6H17N4O7P. The Kier molecular flexibility index (Phi) is 9.35. The Hall–Kier alpha value is -1.23. The summed E-state index contributed by atoms with van der Waals surface area (Å²) in [7, 11) is -4.64. The number of aliphatic hydroxyl groups excluding tert-OH is 1. The highest BCUT2D eigenvalue weighted by Crippen LogP contribution is 2.25. The molecule has 108 valence electrons. The van der Waals surface area contributed by atoms with Crippen molar-refractivity contribution in [3.8, 4) is 0 Å². The van der Waals surface area contributed by atoms with Gasteiger partial charge in [-0.2, -0.15) is 0 Å². The maximum atomic E-state index is 10.4. The van der Waals surface area contributed by atoms with Gasteiger partial charge in [-0.25, -0.2) is 4.57 Å². The van der Waals surface area contributed by atoms with Gasteiger partial charge in [0, 0.05) is 0 Å². The Morgan fingerprint density at radius 3 is 2.06 bits per heavy atom. The van der Waals surface area contributed by atoms with Crippen LogP contribution in [0.4, 0.5) is 0 Å². The van der Waals surface area contributed by atoms with Gasteiger partial charge in [0.15, 0.2) is 5.96 Å². The fourth-order valence-electron chi connectivity index (χ4n) is 0.779. The lowest BCUT2D eigenvalue weighted by molar-refractivity contribution is -0.140. The molecule has 0 bridgehead atoms. The van der Waals surface area contributed by atoms with E-state index in [1.807, 2.05) is 0 Å². The van der Waals surface area contributed by atoms with E-state index >= 15 is 0 Å². The van der Waals surface area contributed by atoms with Crippen molar-refractivity contribution in [1.29, 1.82) is 5.41 Å². The lowest BCUT2D eigenvalue weighted by Gasteiger charge is -2.19. The first-order chi connectivity index (χ1) is 7.97. The number of aliphatic carboxylic acids is 1. The van der Waals surface area contributed by atoms with Crippen LogP contribution in [0.15, 0.2) is 0 Å². The molecule has 0 heterocycles. The number of carboxylic acids is 1. The monoisotopic (exact) mass is 288 g/mol. The topological polar surface area (TPSA) is 209 Å². The number of guanidine groups is 1. The van der Waals surface area contributed by atoms with Gasteiger partial charge < -0.3 is 35.9 Å². The van der Waals surface area contributed by atoms with Crippen LogP contribution in [0.5, 0.6) is 0 Å². The highest BCUT2D eigenvalue weighted by molar-refractivity contribution is 7.45. The molecule has 0 aliphatic rings. The standard InChI is InChI=1S/C6H14N4O3.H3O4P/c1-3(10-6(7)8)9-4(2-11)5(12)13;1-5(2,3)4/h3-4,9,11H,2H2,1H3,(H,12,13)(H4,7,8,10);(H3,1,2,3,4). The smallest absolute Gasteiger partial charge is 0.466 e. The van der Waals surface area contributed by atoms with Crippen molar-refractivity contribution in [2.45, 2.75) is 19.1 Å². The summed E-state index contributed by atoms with van der Waals surface area (Å²) in [5.41, 5.74) is 5.01. The molecule has 11 nitrogen and oxygen atoms in total. The molecule has 0 aromatic heterocycles. The van der Waals surface area contributed by atoms with Crippen molar-refractivity contribution < 1.29 is 34.3 Å². The summed E-state index contributed by atoms with van der Waals surface area (Å²) in [4.78, 5) is 32.0. The van der Waals surface area contributed by atoms with Crippen LogP contribution >= 0.6 is 7.82 Å². The predicted molar refractivity (Wildman–Crippen MR) is 60.4 cm³/mol. The van der Waals surface area contributed by atoms with Crippen molar-refractivity contribution in [2.24, 2.45) is 5.73 Å². The molecule has 0 amide bonds. The number of rotatable bonds is 5. The Labute approximate surface area is 102 Å². The van der Waals surface area contributed by atoms with E-state index in [9.17, 15) is 4.79 Å². The summed E-state index contributed by atoms with van der Waals surface area (Å²) in [5, 5.41) is 28.9. The highest BCUT2D eigenvalue weighted by atomic mass is 31.2. The van der Waals surface area contributed by atoms with Gasteiger partial charge in [0.1, 0.15) is 6.04 Å². The minimum absolute atomic E-state index is 0.262. The first-order valence-electron chi connectivity index (χ1n) is 4.46. The molecule has 0 saturated carbocycles. The van der Waals surface area contributed by atoms with E-state index in [1.54, 1.807) is 6.92 Å². The van der Waals surface area contributed by atoms with E-state index in [0.29, 0.717) is 0 Å². The Bertz CT molecular complexity index is 311. The lowest BCUT2D eigenvalue weighted by atomic mass is 10.3. The SMILES string of the molecule is CC(NC(=N)N)NC(CO)C(=O)O.O=P(O)(O)O. The number of hydrogen-bond donors (Lipinski definition) is 9. The molecule has 18 heavy (non-hydrogen) atoms. The zero-order valence-electron chi connectivity index (χ0n) is 9.44. The number of carboxylic acid groups (broad SMARTS) is 1. The normalized spacial score (nSPS) is 13.8. The summed E-state index contributed by atoms with van der Waals surface area (Å²) in [6.45, 7) is 1.08. The average molecular weight is 288 g/mol. The Morgan fingerprint density at radius 2 is 1.83 bits per heavy atom.